The third kappa shape index (κ3) is 3.18. The summed E-state index contributed by atoms with van der Waals surface area (Å²) in [4.78, 5) is 3.16. The van der Waals surface area contributed by atoms with Crippen molar-refractivity contribution in [2.75, 3.05) is 13.1 Å². The fraction of sp³-hybridized carbons (Fsp3) is 0.938. The van der Waals surface area contributed by atoms with Crippen molar-refractivity contribution in [2.45, 2.75) is 82.0 Å². The predicted octanol–water partition coefficient (Wildman–Crippen LogP) is 3.01. The predicted molar refractivity (Wildman–Crippen MR) is 85.9 cm³/mol. The third-order valence-electron chi connectivity index (χ3n) is 5.48. The molecule has 2 N–H and O–H groups in total. The molecule has 4 heteroatoms. The van der Waals surface area contributed by atoms with Crippen molar-refractivity contribution >= 4 is 17.2 Å². The van der Waals surface area contributed by atoms with Gasteiger partial charge in [0.1, 0.15) is 0 Å². The quantitative estimate of drug-likeness (QED) is 0.813. The van der Waals surface area contributed by atoms with Crippen LogP contribution in [-0.4, -0.2) is 40.7 Å². The Morgan fingerprint density at radius 1 is 1.10 bits per heavy atom. The van der Waals surface area contributed by atoms with Crippen molar-refractivity contribution < 1.29 is 4.74 Å². The van der Waals surface area contributed by atoms with E-state index in [0.29, 0.717) is 17.1 Å². The number of rotatable bonds is 3. The third-order valence-corrected chi connectivity index (χ3v) is 5.76. The van der Waals surface area contributed by atoms with E-state index in [-0.39, 0.29) is 5.60 Å². The van der Waals surface area contributed by atoms with Crippen LogP contribution in [0.15, 0.2) is 0 Å². The lowest BCUT2D eigenvalue weighted by Gasteiger charge is -2.38. The fourth-order valence-corrected chi connectivity index (χ4v) is 4.65. The van der Waals surface area contributed by atoms with Gasteiger partial charge in [-0.3, -0.25) is 4.90 Å². The van der Waals surface area contributed by atoms with E-state index in [1.54, 1.807) is 0 Å². The highest BCUT2D eigenvalue weighted by atomic mass is 32.1. The van der Waals surface area contributed by atoms with Gasteiger partial charge in [0.25, 0.3) is 0 Å². The highest BCUT2D eigenvalue weighted by molar-refractivity contribution is 7.80. The average molecular weight is 296 g/mol. The van der Waals surface area contributed by atoms with Gasteiger partial charge >= 0.3 is 0 Å². The van der Waals surface area contributed by atoms with Crippen molar-refractivity contribution in [3.8, 4) is 0 Å². The molecule has 0 bridgehead atoms. The van der Waals surface area contributed by atoms with Crippen molar-refractivity contribution in [2.24, 2.45) is 5.73 Å². The van der Waals surface area contributed by atoms with Crippen molar-refractivity contribution in [3.63, 3.8) is 0 Å². The highest BCUT2D eigenvalue weighted by Crippen LogP contribution is 2.42. The Bertz CT molecular complexity index is 354. The maximum atomic E-state index is 6.49. The van der Waals surface area contributed by atoms with Gasteiger partial charge in [0.2, 0.25) is 0 Å². The van der Waals surface area contributed by atoms with Crippen molar-refractivity contribution in [3.05, 3.63) is 0 Å². The Labute approximate surface area is 128 Å². The monoisotopic (exact) mass is 296 g/mol. The number of hydrogen-bond donors (Lipinski definition) is 1. The summed E-state index contributed by atoms with van der Waals surface area (Å²) in [5.74, 6) is 0. The van der Waals surface area contributed by atoms with Gasteiger partial charge in [-0.1, -0.05) is 37.9 Å². The Balaban J connectivity index is 1.56. The summed E-state index contributed by atoms with van der Waals surface area (Å²) >= 11 is 5.25. The molecule has 3 nitrogen and oxygen atoms in total. The Hall–Kier alpha value is -0.190. The molecule has 0 aromatic rings. The molecule has 0 amide bonds. The van der Waals surface area contributed by atoms with E-state index in [9.17, 15) is 0 Å². The molecule has 3 fully saturated rings. The van der Waals surface area contributed by atoms with E-state index >= 15 is 0 Å². The van der Waals surface area contributed by atoms with Crippen molar-refractivity contribution in [1.82, 2.24) is 4.90 Å². The molecule has 1 spiro atoms. The van der Waals surface area contributed by atoms with Crippen LogP contribution in [0.3, 0.4) is 0 Å². The normalized spacial score (nSPS) is 34.4. The summed E-state index contributed by atoms with van der Waals surface area (Å²) in [6.45, 7) is 2.17. The summed E-state index contributed by atoms with van der Waals surface area (Å²) in [5.41, 5.74) is 6.15. The zero-order chi connectivity index (χ0) is 14.0. The van der Waals surface area contributed by atoms with E-state index in [1.807, 2.05) is 0 Å². The fourth-order valence-electron chi connectivity index (χ4n) is 4.38. The first-order chi connectivity index (χ1) is 9.69. The summed E-state index contributed by atoms with van der Waals surface area (Å²) in [6, 6.07) is 0.310. The Morgan fingerprint density at radius 3 is 2.65 bits per heavy atom. The lowest BCUT2D eigenvalue weighted by Crippen LogP contribution is -2.49. The summed E-state index contributed by atoms with van der Waals surface area (Å²) in [5, 5.41) is 0. The molecule has 20 heavy (non-hydrogen) atoms. The van der Waals surface area contributed by atoms with Gasteiger partial charge in [-0.05, 0) is 45.1 Å². The number of nitrogens with zero attached hydrogens (tertiary/aromatic N) is 1. The molecule has 3 aliphatic rings. The largest absolute Gasteiger partial charge is 0.392 e. The van der Waals surface area contributed by atoms with Gasteiger partial charge < -0.3 is 10.5 Å². The standard InChI is InChI=1S/C16H28N2OS/c17-15(20)14-6-2-5-11-18(14)12-13-7-10-16(19-13)8-3-1-4-9-16/h13-14H,1-12H2,(H2,17,20). The van der Waals surface area contributed by atoms with Crippen LogP contribution in [0.25, 0.3) is 0 Å². The second kappa shape index (κ2) is 6.29. The summed E-state index contributed by atoms with van der Waals surface area (Å²) in [7, 11) is 0. The topological polar surface area (TPSA) is 38.5 Å². The van der Waals surface area contributed by atoms with Gasteiger partial charge in [-0.25, -0.2) is 0 Å². The molecule has 2 atom stereocenters. The van der Waals surface area contributed by atoms with E-state index in [1.165, 1.54) is 57.8 Å². The molecule has 1 saturated carbocycles. The van der Waals surface area contributed by atoms with Gasteiger partial charge in [0.15, 0.2) is 0 Å². The second-order valence-corrected chi connectivity index (χ2v) is 7.40. The number of ether oxygens (including phenoxy) is 1. The van der Waals surface area contributed by atoms with Gasteiger partial charge in [0.05, 0.1) is 22.7 Å². The molecule has 0 aromatic heterocycles. The van der Waals surface area contributed by atoms with Crippen LogP contribution in [0.1, 0.15) is 64.2 Å². The Kier molecular flexibility index (Phi) is 4.63. The SMILES string of the molecule is NC(=S)C1CCCCN1CC1CCC2(CCCCC2)O1. The molecular weight excluding hydrogens is 268 g/mol. The number of hydrogen-bond acceptors (Lipinski definition) is 3. The first-order valence-corrected chi connectivity index (χ1v) is 8.81. The zero-order valence-electron chi connectivity index (χ0n) is 12.5. The van der Waals surface area contributed by atoms with E-state index in [4.69, 9.17) is 22.7 Å². The number of likely N-dealkylation sites (tertiary alicyclic amines) is 1. The smallest absolute Gasteiger partial charge is 0.0902 e. The molecule has 2 aliphatic heterocycles. The molecular formula is C16H28N2OS. The van der Waals surface area contributed by atoms with Gasteiger partial charge in [-0.2, -0.15) is 0 Å². The van der Waals surface area contributed by atoms with Crippen LogP contribution >= 0.6 is 12.2 Å². The Morgan fingerprint density at radius 2 is 1.90 bits per heavy atom. The molecule has 2 heterocycles. The maximum Gasteiger partial charge on any atom is 0.0902 e. The first-order valence-electron chi connectivity index (χ1n) is 8.40. The molecule has 1 aliphatic carbocycles. The molecule has 3 rings (SSSR count). The minimum Gasteiger partial charge on any atom is -0.392 e. The molecule has 2 saturated heterocycles. The van der Waals surface area contributed by atoms with Crippen molar-refractivity contribution in [1.29, 1.82) is 0 Å². The molecule has 114 valence electrons. The number of nitrogens with two attached hydrogens (primary N) is 1. The van der Waals surface area contributed by atoms with Crippen LogP contribution in [-0.2, 0) is 4.74 Å². The number of thiocarbonyl (C=S) groups is 1. The van der Waals surface area contributed by atoms with Crippen LogP contribution in [0.4, 0.5) is 0 Å². The van der Waals surface area contributed by atoms with Gasteiger partial charge in [0, 0.05) is 6.54 Å². The lowest BCUT2D eigenvalue weighted by atomic mass is 9.83. The average Bonchev–Trinajstić information content (AvgIpc) is 2.82. The highest BCUT2D eigenvalue weighted by Gasteiger charge is 2.41. The summed E-state index contributed by atoms with van der Waals surface area (Å²) < 4.78 is 6.49. The van der Waals surface area contributed by atoms with Crippen LogP contribution in [0.2, 0.25) is 0 Å². The minimum absolute atomic E-state index is 0.234. The van der Waals surface area contributed by atoms with E-state index in [0.717, 1.165) is 19.5 Å². The second-order valence-electron chi connectivity index (χ2n) is 6.93. The van der Waals surface area contributed by atoms with Gasteiger partial charge in [-0.15, -0.1) is 0 Å². The summed E-state index contributed by atoms with van der Waals surface area (Å²) in [6.07, 6.45) is 13.2. The van der Waals surface area contributed by atoms with E-state index < -0.39 is 0 Å². The zero-order valence-corrected chi connectivity index (χ0v) is 13.3. The lowest BCUT2D eigenvalue weighted by molar-refractivity contribution is -0.0744. The molecule has 0 radical (unpaired) electrons. The number of piperidine rings is 1. The van der Waals surface area contributed by atoms with Crippen LogP contribution < -0.4 is 5.73 Å². The molecule has 0 aromatic carbocycles. The van der Waals surface area contributed by atoms with Crippen LogP contribution in [0.5, 0.6) is 0 Å². The van der Waals surface area contributed by atoms with E-state index in [2.05, 4.69) is 4.90 Å². The first kappa shape index (κ1) is 14.7. The minimum atomic E-state index is 0.234. The van der Waals surface area contributed by atoms with Crippen LogP contribution in [0, 0.1) is 0 Å². The maximum absolute atomic E-state index is 6.49. The molecule has 2 unspecified atom stereocenters.